The summed E-state index contributed by atoms with van der Waals surface area (Å²) < 4.78 is 13.9. The maximum atomic E-state index is 12.9. The molecule has 0 aliphatic rings. The maximum absolute atomic E-state index is 12.9. The second-order valence-corrected chi connectivity index (χ2v) is 9.07. The Hall–Kier alpha value is -3.59. The van der Waals surface area contributed by atoms with E-state index in [0.717, 1.165) is 28.2 Å². The van der Waals surface area contributed by atoms with Gasteiger partial charge in [-0.05, 0) is 67.4 Å². The van der Waals surface area contributed by atoms with Gasteiger partial charge in [-0.25, -0.2) is 10.2 Å². The molecule has 1 amide bonds. The van der Waals surface area contributed by atoms with Gasteiger partial charge in [-0.1, -0.05) is 30.3 Å². The topological polar surface area (TPSA) is 87.4 Å². The van der Waals surface area contributed by atoms with Crippen LogP contribution in [0.2, 0.25) is 0 Å². The molecule has 2 heterocycles. The number of hydrogen-bond donors (Lipinski definition) is 1. The minimum atomic E-state index is -0.391. The van der Waals surface area contributed by atoms with Crippen molar-refractivity contribution < 1.29 is 19.1 Å². The number of benzene rings is 2. The Kier molecular flexibility index (Phi) is 7.25. The summed E-state index contributed by atoms with van der Waals surface area (Å²) in [5.41, 5.74) is 7.57. The Labute approximate surface area is 211 Å². The van der Waals surface area contributed by atoms with E-state index in [-0.39, 0.29) is 19.1 Å². The molecule has 0 radical (unpaired) electrons. The summed E-state index contributed by atoms with van der Waals surface area (Å²) in [7, 11) is 0. The maximum Gasteiger partial charge on any atom is 0.340 e. The van der Waals surface area contributed by atoms with E-state index in [1.54, 1.807) is 13.0 Å². The van der Waals surface area contributed by atoms with Gasteiger partial charge in [-0.15, -0.1) is 0 Å². The highest BCUT2D eigenvalue weighted by Crippen LogP contribution is 2.36. The van der Waals surface area contributed by atoms with E-state index in [4.69, 9.17) is 9.47 Å². The Balaban J connectivity index is 1.66. The van der Waals surface area contributed by atoms with E-state index < -0.39 is 5.97 Å². The molecule has 2 aromatic heterocycles. The predicted molar refractivity (Wildman–Crippen MR) is 137 cm³/mol. The number of hydrogen-bond acceptors (Lipinski definition) is 5. The lowest BCUT2D eigenvalue weighted by atomic mass is 10.1. The zero-order valence-electron chi connectivity index (χ0n) is 20.1. The summed E-state index contributed by atoms with van der Waals surface area (Å²) in [5, 5.41) is 4.93. The molecule has 0 saturated heterocycles. The van der Waals surface area contributed by atoms with Gasteiger partial charge in [0, 0.05) is 17.6 Å². The van der Waals surface area contributed by atoms with Gasteiger partial charge in [-0.3, -0.25) is 4.79 Å². The molecule has 0 unspecified atom stereocenters. The van der Waals surface area contributed by atoms with E-state index in [2.05, 4.69) is 31.0 Å². The average Bonchev–Trinajstić information content (AvgIpc) is 3.27. The lowest BCUT2D eigenvalue weighted by Gasteiger charge is -2.12. The first-order valence-corrected chi connectivity index (χ1v) is 12.1. The van der Waals surface area contributed by atoms with E-state index in [9.17, 15) is 9.59 Å². The van der Waals surface area contributed by atoms with Gasteiger partial charge in [-0.2, -0.15) is 9.89 Å². The number of aryl methyl sites for hydroxylation is 2. The Morgan fingerprint density at radius 3 is 2.49 bits per heavy atom. The molecular formula is C26H27BrN4O4. The molecule has 0 saturated carbocycles. The lowest BCUT2D eigenvalue weighted by molar-refractivity contribution is -0.119. The molecule has 0 bridgehead atoms. The molecular weight excluding hydrogens is 512 g/mol. The van der Waals surface area contributed by atoms with Gasteiger partial charge in [0.1, 0.15) is 5.75 Å². The van der Waals surface area contributed by atoms with Gasteiger partial charge in [0.2, 0.25) is 0 Å². The number of ether oxygens (including phenoxy) is 2. The fraction of sp³-hybridized carbons (Fsp3) is 0.269. The molecule has 35 heavy (non-hydrogen) atoms. The smallest absolute Gasteiger partial charge is 0.340 e. The minimum absolute atomic E-state index is 0.221. The van der Waals surface area contributed by atoms with Crippen LogP contribution in [-0.4, -0.2) is 39.5 Å². The number of fused-ring (bicyclic) bond motifs is 1. The largest absolute Gasteiger partial charge is 0.482 e. The van der Waals surface area contributed by atoms with Crippen LogP contribution in [0.1, 0.15) is 39.9 Å². The van der Waals surface area contributed by atoms with Crippen LogP contribution in [-0.2, 0) is 16.1 Å². The van der Waals surface area contributed by atoms with Crippen molar-refractivity contribution in [1.82, 2.24) is 14.5 Å². The summed E-state index contributed by atoms with van der Waals surface area (Å²) in [6.45, 7) is 8.04. The zero-order chi connectivity index (χ0) is 25.1. The number of aromatic nitrogens is 3. The molecule has 0 atom stereocenters. The van der Waals surface area contributed by atoms with Crippen molar-refractivity contribution in [2.75, 3.05) is 18.6 Å². The van der Waals surface area contributed by atoms with Crippen LogP contribution in [0.15, 0.2) is 53.0 Å². The van der Waals surface area contributed by atoms with Crippen molar-refractivity contribution in [1.29, 1.82) is 0 Å². The van der Waals surface area contributed by atoms with Gasteiger partial charge in [0.05, 0.1) is 33.5 Å². The third-order valence-electron chi connectivity index (χ3n) is 5.64. The third kappa shape index (κ3) is 5.24. The van der Waals surface area contributed by atoms with Crippen molar-refractivity contribution in [2.24, 2.45) is 0 Å². The SMILES string of the molecule is CCOC(=O)c1c(C)n(Cc2ccccc2)c2cc(Br)c(OCC(=O)Nn3nc(C)cc3C)cc12. The first kappa shape index (κ1) is 24.5. The number of nitrogens with zero attached hydrogens (tertiary/aromatic N) is 3. The Morgan fingerprint density at radius 1 is 1.09 bits per heavy atom. The fourth-order valence-corrected chi connectivity index (χ4v) is 4.50. The van der Waals surface area contributed by atoms with Crippen LogP contribution in [0.3, 0.4) is 0 Å². The van der Waals surface area contributed by atoms with Crippen molar-refractivity contribution >= 4 is 38.7 Å². The van der Waals surface area contributed by atoms with Crippen LogP contribution in [0.4, 0.5) is 0 Å². The molecule has 8 nitrogen and oxygen atoms in total. The van der Waals surface area contributed by atoms with Crippen LogP contribution in [0, 0.1) is 20.8 Å². The van der Waals surface area contributed by atoms with Crippen LogP contribution in [0.25, 0.3) is 10.9 Å². The first-order valence-electron chi connectivity index (χ1n) is 11.3. The van der Waals surface area contributed by atoms with Crippen LogP contribution < -0.4 is 10.2 Å². The van der Waals surface area contributed by atoms with Crippen molar-refractivity contribution in [3.8, 4) is 5.75 Å². The Bertz CT molecular complexity index is 1390. The highest BCUT2D eigenvalue weighted by atomic mass is 79.9. The number of halogens is 1. The van der Waals surface area contributed by atoms with E-state index in [1.165, 1.54) is 4.79 Å². The van der Waals surface area contributed by atoms with Crippen molar-refractivity contribution in [3.05, 3.63) is 81.2 Å². The minimum Gasteiger partial charge on any atom is -0.482 e. The molecule has 0 aliphatic heterocycles. The van der Waals surface area contributed by atoms with E-state index >= 15 is 0 Å². The monoisotopic (exact) mass is 538 g/mol. The highest BCUT2D eigenvalue weighted by molar-refractivity contribution is 9.10. The molecule has 2 aromatic carbocycles. The fourth-order valence-electron chi connectivity index (χ4n) is 4.05. The second-order valence-electron chi connectivity index (χ2n) is 8.21. The molecule has 1 N–H and O–H groups in total. The second kappa shape index (κ2) is 10.4. The molecule has 9 heteroatoms. The number of amides is 1. The third-order valence-corrected chi connectivity index (χ3v) is 6.26. The summed E-state index contributed by atoms with van der Waals surface area (Å²) >= 11 is 3.57. The standard InChI is InChI=1S/C26H27BrN4O4/c1-5-34-26(33)25-18(4)30(14-19-9-7-6-8-10-19)22-13-21(27)23(12-20(22)25)35-15-24(32)29-31-17(3)11-16(2)28-31/h6-13H,5,14-15H2,1-4H3,(H,29,32). The highest BCUT2D eigenvalue weighted by Gasteiger charge is 2.23. The zero-order valence-corrected chi connectivity index (χ0v) is 21.7. The summed E-state index contributed by atoms with van der Waals surface area (Å²) in [4.78, 5) is 26.8. The molecule has 182 valence electrons. The van der Waals surface area contributed by atoms with E-state index in [0.29, 0.717) is 27.7 Å². The van der Waals surface area contributed by atoms with Crippen molar-refractivity contribution in [3.63, 3.8) is 0 Å². The number of esters is 1. The quantitative estimate of drug-likeness (QED) is 0.322. The molecule has 0 spiro atoms. The van der Waals surface area contributed by atoms with Gasteiger partial charge >= 0.3 is 5.97 Å². The molecule has 4 aromatic rings. The van der Waals surface area contributed by atoms with E-state index in [1.807, 2.05) is 63.2 Å². The summed E-state index contributed by atoms with van der Waals surface area (Å²) in [6.07, 6.45) is 0. The van der Waals surface area contributed by atoms with Crippen LogP contribution in [0.5, 0.6) is 5.75 Å². The summed E-state index contributed by atoms with van der Waals surface area (Å²) in [6, 6.07) is 15.6. The molecule has 0 fully saturated rings. The van der Waals surface area contributed by atoms with Crippen molar-refractivity contribution in [2.45, 2.75) is 34.2 Å². The normalized spacial score (nSPS) is 11.0. The summed E-state index contributed by atoms with van der Waals surface area (Å²) in [5.74, 6) is -0.299. The predicted octanol–water partition coefficient (Wildman–Crippen LogP) is 4.90. The number of carbonyl (C=O) groups excluding carboxylic acids is 2. The van der Waals surface area contributed by atoms with Crippen LogP contribution >= 0.6 is 15.9 Å². The Morgan fingerprint density at radius 2 is 1.83 bits per heavy atom. The van der Waals surface area contributed by atoms with Gasteiger partial charge in [0.15, 0.2) is 6.61 Å². The number of carbonyl (C=O) groups is 2. The first-order chi connectivity index (χ1) is 16.8. The lowest BCUT2D eigenvalue weighted by Crippen LogP contribution is -2.29. The molecule has 4 rings (SSSR count). The molecule has 0 aliphatic carbocycles. The van der Waals surface area contributed by atoms with Gasteiger partial charge in [0.25, 0.3) is 5.91 Å². The average molecular weight is 539 g/mol. The number of rotatable bonds is 8. The van der Waals surface area contributed by atoms with Gasteiger partial charge < -0.3 is 14.0 Å². The number of nitrogens with one attached hydrogen (secondary N) is 1.